The first-order chi connectivity index (χ1) is 12.5. The van der Waals surface area contributed by atoms with Crippen LogP contribution in [0, 0.1) is 13.8 Å². The van der Waals surface area contributed by atoms with Gasteiger partial charge in [0, 0.05) is 37.4 Å². The highest BCUT2D eigenvalue weighted by molar-refractivity contribution is 5.96. The summed E-state index contributed by atoms with van der Waals surface area (Å²) in [5.41, 5.74) is 3.99. The molecule has 0 bridgehead atoms. The first-order valence-corrected chi connectivity index (χ1v) is 8.98. The van der Waals surface area contributed by atoms with Crippen LogP contribution in [-0.4, -0.2) is 49.4 Å². The second-order valence-electron chi connectivity index (χ2n) is 6.69. The van der Waals surface area contributed by atoms with Crippen LogP contribution >= 0.6 is 0 Å². The van der Waals surface area contributed by atoms with E-state index >= 15 is 0 Å². The van der Waals surface area contributed by atoms with Crippen LogP contribution in [0.15, 0.2) is 48.5 Å². The van der Waals surface area contributed by atoms with Crippen molar-refractivity contribution in [2.45, 2.75) is 13.8 Å². The number of piperazine rings is 1. The molecule has 5 nitrogen and oxygen atoms in total. The molecule has 1 saturated heterocycles. The third kappa shape index (κ3) is 4.23. The van der Waals surface area contributed by atoms with E-state index in [1.807, 2.05) is 49.1 Å². The number of hydrogen-bond acceptors (Lipinski definition) is 3. The molecule has 1 aliphatic rings. The lowest BCUT2D eigenvalue weighted by molar-refractivity contribution is -0.130. The van der Waals surface area contributed by atoms with Crippen LogP contribution in [0.5, 0.6) is 0 Å². The van der Waals surface area contributed by atoms with Gasteiger partial charge in [-0.3, -0.25) is 9.59 Å². The Hall–Kier alpha value is -2.82. The molecule has 0 aliphatic carbocycles. The second kappa shape index (κ2) is 8.04. The Bertz CT molecular complexity index is 781. The van der Waals surface area contributed by atoms with Gasteiger partial charge in [-0.2, -0.15) is 0 Å². The predicted molar refractivity (Wildman–Crippen MR) is 103 cm³/mol. The Kier molecular flexibility index (Phi) is 5.56. The molecular formula is C21H25N3O2. The van der Waals surface area contributed by atoms with Gasteiger partial charge in [0.2, 0.25) is 5.91 Å². The van der Waals surface area contributed by atoms with E-state index < -0.39 is 0 Å². The van der Waals surface area contributed by atoms with Gasteiger partial charge in [0.15, 0.2) is 0 Å². The van der Waals surface area contributed by atoms with E-state index in [0.717, 1.165) is 24.2 Å². The van der Waals surface area contributed by atoms with Crippen molar-refractivity contribution in [3.63, 3.8) is 0 Å². The van der Waals surface area contributed by atoms with Gasteiger partial charge in [-0.1, -0.05) is 24.3 Å². The molecular weight excluding hydrogens is 326 g/mol. The molecule has 0 unspecified atom stereocenters. The molecule has 136 valence electrons. The average Bonchev–Trinajstić information content (AvgIpc) is 2.68. The van der Waals surface area contributed by atoms with Gasteiger partial charge in [0.05, 0.1) is 6.54 Å². The minimum absolute atomic E-state index is 0.0325. The van der Waals surface area contributed by atoms with Crippen molar-refractivity contribution in [3.05, 3.63) is 65.2 Å². The Balaban J connectivity index is 1.48. The van der Waals surface area contributed by atoms with Gasteiger partial charge >= 0.3 is 0 Å². The van der Waals surface area contributed by atoms with E-state index in [1.165, 1.54) is 5.69 Å². The lowest BCUT2D eigenvalue weighted by atomic mass is 10.1. The number of para-hydroxylation sites is 1. The highest BCUT2D eigenvalue weighted by Gasteiger charge is 2.21. The first kappa shape index (κ1) is 18.0. The number of nitrogens with one attached hydrogen (secondary N) is 1. The standard InChI is InChI=1S/C21H25N3O2/c1-16-8-9-18(14-17(16)2)21(26)22-15-20(25)24-12-10-23(11-13-24)19-6-4-3-5-7-19/h3-9,14H,10-13,15H2,1-2H3,(H,22,26). The summed E-state index contributed by atoms with van der Waals surface area (Å²) >= 11 is 0. The molecule has 26 heavy (non-hydrogen) atoms. The maximum absolute atomic E-state index is 12.4. The molecule has 0 radical (unpaired) electrons. The predicted octanol–water partition coefficient (Wildman–Crippen LogP) is 2.38. The summed E-state index contributed by atoms with van der Waals surface area (Å²) in [5.74, 6) is -0.237. The summed E-state index contributed by atoms with van der Waals surface area (Å²) in [7, 11) is 0. The molecule has 2 amide bonds. The van der Waals surface area contributed by atoms with Gasteiger partial charge in [0.25, 0.3) is 5.91 Å². The average molecular weight is 351 g/mol. The monoisotopic (exact) mass is 351 g/mol. The summed E-state index contributed by atoms with van der Waals surface area (Å²) in [6.07, 6.45) is 0. The van der Waals surface area contributed by atoms with Crippen LogP contribution in [0.2, 0.25) is 0 Å². The smallest absolute Gasteiger partial charge is 0.251 e. The summed E-state index contributed by atoms with van der Waals surface area (Å²) < 4.78 is 0. The maximum atomic E-state index is 12.4. The number of carbonyl (C=O) groups is 2. The number of rotatable bonds is 4. The Morgan fingerprint density at radius 1 is 0.923 bits per heavy atom. The summed E-state index contributed by atoms with van der Waals surface area (Å²) in [5, 5.41) is 2.74. The molecule has 0 aromatic heterocycles. The third-order valence-electron chi connectivity index (χ3n) is 4.92. The molecule has 1 heterocycles. The van der Waals surface area contributed by atoms with Crippen molar-refractivity contribution in [1.82, 2.24) is 10.2 Å². The number of carbonyl (C=O) groups excluding carboxylic acids is 2. The molecule has 1 N–H and O–H groups in total. The third-order valence-corrected chi connectivity index (χ3v) is 4.92. The fourth-order valence-corrected chi connectivity index (χ4v) is 3.11. The minimum Gasteiger partial charge on any atom is -0.368 e. The van der Waals surface area contributed by atoms with Crippen LogP contribution in [0.1, 0.15) is 21.5 Å². The van der Waals surface area contributed by atoms with Crippen LogP contribution in [0.3, 0.4) is 0 Å². The molecule has 5 heteroatoms. The SMILES string of the molecule is Cc1ccc(C(=O)NCC(=O)N2CCN(c3ccccc3)CC2)cc1C. The topological polar surface area (TPSA) is 52.7 Å². The van der Waals surface area contributed by atoms with Gasteiger partial charge in [0.1, 0.15) is 0 Å². The first-order valence-electron chi connectivity index (χ1n) is 8.98. The highest BCUT2D eigenvalue weighted by atomic mass is 16.2. The Morgan fingerprint density at radius 3 is 2.27 bits per heavy atom. The zero-order valence-electron chi connectivity index (χ0n) is 15.4. The fourth-order valence-electron chi connectivity index (χ4n) is 3.11. The van der Waals surface area contributed by atoms with E-state index in [4.69, 9.17) is 0 Å². The van der Waals surface area contributed by atoms with E-state index in [2.05, 4.69) is 22.3 Å². The van der Waals surface area contributed by atoms with Crippen molar-refractivity contribution in [3.8, 4) is 0 Å². The summed E-state index contributed by atoms with van der Waals surface area (Å²) in [4.78, 5) is 28.7. The zero-order valence-corrected chi connectivity index (χ0v) is 15.4. The molecule has 1 fully saturated rings. The Morgan fingerprint density at radius 2 is 1.62 bits per heavy atom. The zero-order chi connectivity index (χ0) is 18.5. The normalized spacial score (nSPS) is 14.2. The van der Waals surface area contributed by atoms with E-state index in [9.17, 15) is 9.59 Å². The van der Waals surface area contributed by atoms with Gasteiger partial charge in [-0.15, -0.1) is 0 Å². The highest BCUT2D eigenvalue weighted by Crippen LogP contribution is 2.15. The van der Waals surface area contributed by atoms with Crippen LogP contribution in [-0.2, 0) is 4.79 Å². The van der Waals surface area contributed by atoms with Crippen molar-refractivity contribution >= 4 is 17.5 Å². The van der Waals surface area contributed by atoms with E-state index in [1.54, 1.807) is 6.07 Å². The number of anilines is 1. The summed E-state index contributed by atoms with van der Waals surface area (Å²) in [6.45, 7) is 6.98. The summed E-state index contributed by atoms with van der Waals surface area (Å²) in [6, 6.07) is 15.8. The fraction of sp³-hybridized carbons (Fsp3) is 0.333. The van der Waals surface area contributed by atoms with E-state index in [-0.39, 0.29) is 18.4 Å². The van der Waals surface area contributed by atoms with Crippen molar-refractivity contribution < 1.29 is 9.59 Å². The number of hydrogen-bond donors (Lipinski definition) is 1. The lowest BCUT2D eigenvalue weighted by Gasteiger charge is -2.36. The molecule has 0 spiro atoms. The molecule has 2 aromatic rings. The van der Waals surface area contributed by atoms with Crippen LogP contribution in [0.4, 0.5) is 5.69 Å². The molecule has 3 rings (SSSR count). The van der Waals surface area contributed by atoms with Gasteiger partial charge in [-0.25, -0.2) is 0 Å². The Labute approximate surface area is 154 Å². The molecule has 1 aliphatic heterocycles. The number of aryl methyl sites for hydroxylation is 2. The van der Waals surface area contributed by atoms with E-state index in [0.29, 0.717) is 18.7 Å². The van der Waals surface area contributed by atoms with Crippen molar-refractivity contribution in [2.24, 2.45) is 0 Å². The molecule has 2 aromatic carbocycles. The van der Waals surface area contributed by atoms with Crippen LogP contribution < -0.4 is 10.2 Å². The number of benzene rings is 2. The molecule has 0 atom stereocenters. The van der Waals surface area contributed by atoms with Gasteiger partial charge in [-0.05, 0) is 49.2 Å². The lowest BCUT2D eigenvalue weighted by Crippen LogP contribution is -2.51. The largest absolute Gasteiger partial charge is 0.368 e. The van der Waals surface area contributed by atoms with Crippen molar-refractivity contribution in [1.29, 1.82) is 0 Å². The van der Waals surface area contributed by atoms with Gasteiger partial charge < -0.3 is 15.1 Å². The number of nitrogens with zero attached hydrogens (tertiary/aromatic N) is 2. The van der Waals surface area contributed by atoms with Crippen molar-refractivity contribution in [2.75, 3.05) is 37.6 Å². The number of amides is 2. The maximum Gasteiger partial charge on any atom is 0.251 e. The van der Waals surface area contributed by atoms with Crippen LogP contribution in [0.25, 0.3) is 0 Å². The molecule has 0 saturated carbocycles. The second-order valence-corrected chi connectivity index (χ2v) is 6.69. The minimum atomic E-state index is -0.204. The quantitative estimate of drug-likeness (QED) is 0.920.